The lowest BCUT2D eigenvalue weighted by Crippen LogP contribution is -2.09. The normalized spacial score (nSPS) is 9.88. The number of benzene rings is 11. The first-order valence-electron chi connectivity index (χ1n) is 23.9. The van der Waals surface area contributed by atoms with Gasteiger partial charge < -0.3 is 26.2 Å². The van der Waals surface area contributed by atoms with Crippen LogP contribution < -0.4 is 26.2 Å². The minimum atomic E-state index is 0.736. The molecule has 0 unspecified atom stereocenters. The summed E-state index contributed by atoms with van der Waals surface area (Å²) in [6.45, 7) is 0. The third kappa shape index (κ3) is 18.0. The molecule has 74 heavy (non-hydrogen) atoms. The molecule has 0 amide bonds. The third-order valence-corrected chi connectivity index (χ3v) is 11.7. The molecule has 0 saturated heterocycles. The molecule has 0 aliphatic heterocycles. The monoisotopic (exact) mass is 1070 g/mol. The predicted octanol–water partition coefficient (Wildman–Crippen LogP) is 20.5. The van der Waals surface area contributed by atoms with Crippen molar-refractivity contribution in [2.24, 2.45) is 0 Å². The molecular formula is C66H56BrCl2N5. The number of hydrogen-bond donors (Lipinski definition) is 3. The number of nitrogens with two attached hydrogens (primary N) is 1. The van der Waals surface area contributed by atoms with Crippen LogP contribution in [0.2, 0.25) is 10.0 Å². The van der Waals surface area contributed by atoms with Crippen LogP contribution in [0.25, 0.3) is 0 Å². The number of hydrogen-bond acceptors (Lipinski definition) is 5. The van der Waals surface area contributed by atoms with Gasteiger partial charge in [-0.05, 0) is 152 Å². The van der Waals surface area contributed by atoms with Gasteiger partial charge in [0.25, 0.3) is 0 Å². The van der Waals surface area contributed by atoms with E-state index in [-0.39, 0.29) is 0 Å². The second kappa shape index (κ2) is 29.7. The molecule has 4 N–H and O–H groups in total. The number of para-hydroxylation sites is 8. The van der Waals surface area contributed by atoms with Gasteiger partial charge in [-0.3, -0.25) is 0 Å². The Bertz CT molecular complexity index is 3120. The molecule has 0 aromatic heterocycles. The minimum Gasteiger partial charge on any atom is -0.399 e. The van der Waals surface area contributed by atoms with Gasteiger partial charge in [0.2, 0.25) is 0 Å². The zero-order chi connectivity index (χ0) is 51.4. The summed E-state index contributed by atoms with van der Waals surface area (Å²) in [5.41, 5.74) is 17.2. The van der Waals surface area contributed by atoms with E-state index >= 15 is 0 Å². The van der Waals surface area contributed by atoms with E-state index in [9.17, 15) is 0 Å². The quantitative estimate of drug-likeness (QED) is 0.119. The van der Waals surface area contributed by atoms with Crippen molar-refractivity contribution in [2.75, 3.05) is 26.2 Å². The Hall–Kier alpha value is -8.52. The summed E-state index contributed by atoms with van der Waals surface area (Å²) in [6.07, 6.45) is 0. The largest absolute Gasteiger partial charge is 0.399 e. The average Bonchev–Trinajstić information content (AvgIpc) is 3.44. The SMILES string of the molecule is Clc1cccc(Br)c1.Clc1cccc(N(c2ccccc2)c2ccccc2)c1.Nc1ccccc1.c1ccc(Nc2cccc(N(c3ccccc3)c3ccccc3)c2)cc1.c1ccc(Nc2ccccc2)cc1. The molecule has 366 valence electrons. The number of halogens is 3. The number of nitrogens with zero attached hydrogens (tertiary/aromatic N) is 2. The van der Waals surface area contributed by atoms with Gasteiger partial charge in [-0.25, -0.2) is 0 Å². The molecule has 0 heterocycles. The summed E-state index contributed by atoms with van der Waals surface area (Å²) >= 11 is 15.0. The first-order chi connectivity index (χ1) is 36.4. The molecule has 0 spiro atoms. The van der Waals surface area contributed by atoms with Gasteiger partial charge in [-0.1, -0.05) is 203 Å². The Labute approximate surface area is 454 Å². The van der Waals surface area contributed by atoms with Gasteiger partial charge in [-0.2, -0.15) is 0 Å². The third-order valence-electron chi connectivity index (χ3n) is 10.7. The number of nitrogens with one attached hydrogen (secondary N) is 2. The highest BCUT2D eigenvalue weighted by Crippen LogP contribution is 2.37. The minimum absolute atomic E-state index is 0.736. The maximum atomic E-state index is 6.14. The molecule has 0 radical (unpaired) electrons. The van der Waals surface area contributed by atoms with Crippen molar-refractivity contribution in [3.8, 4) is 0 Å². The molecule has 0 fully saturated rings. The van der Waals surface area contributed by atoms with Gasteiger partial charge in [0.05, 0.1) is 0 Å². The zero-order valence-corrected chi connectivity index (χ0v) is 43.7. The van der Waals surface area contributed by atoms with Crippen molar-refractivity contribution in [3.05, 3.63) is 330 Å². The summed E-state index contributed by atoms with van der Waals surface area (Å²) in [7, 11) is 0. The zero-order valence-electron chi connectivity index (χ0n) is 40.6. The van der Waals surface area contributed by atoms with Crippen LogP contribution in [-0.2, 0) is 0 Å². The topological polar surface area (TPSA) is 56.6 Å². The van der Waals surface area contributed by atoms with Gasteiger partial charge in [-0.15, -0.1) is 0 Å². The van der Waals surface area contributed by atoms with E-state index in [1.807, 2.05) is 200 Å². The molecule has 11 aromatic rings. The second-order valence-corrected chi connectivity index (χ2v) is 18.0. The van der Waals surface area contributed by atoms with Gasteiger partial charge in [0, 0.05) is 77.1 Å². The first-order valence-corrected chi connectivity index (χ1v) is 25.5. The van der Waals surface area contributed by atoms with E-state index in [4.69, 9.17) is 28.9 Å². The molecule has 0 aliphatic carbocycles. The highest BCUT2D eigenvalue weighted by molar-refractivity contribution is 9.10. The van der Waals surface area contributed by atoms with Gasteiger partial charge in [0.1, 0.15) is 0 Å². The van der Waals surface area contributed by atoms with E-state index < -0.39 is 0 Å². The van der Waals surface area contributed by atoms with E-state index in [2.05, 4.69) is 152 Å². The van der Waals surface area contributed by atoms with Gasteiger partial charge in [0.15, 0.2) is 0 Å². The fourth-order valence-corrected chi connectivity index (χ4v) is 8.26. The Morgan fingerprint density at radius 2 is 0.541 bits per heavy atom. The maximum Gasteiger partial charge on any atom is 0.0482 e. The van der Waals surface area contributed by atoms with E-state index in [1.54, 1.807) is 0 Å². The Balaban J connectivity index is 0.000000147. The number of rotatable bonds is 10. The molecule has 0 bridgehead atoms. The van der Waals surface area contributed by atoms with Crippen LogP contribution in [0.3, 0.4) is 0 Å². The lowest BCUT2D eigenvalue weighted by Gasteiger charge is -2.26. The van der Waals surface area contributed by atoms with Crippen molar-refractivity contribution in [3.63, 3.8) is 0 Å². The summed E-state index contributed by atoms with van der Waals surface area (Å²) in [4.78, 5) is 4.45. The molecule has 0 saturated carbocycles. The highest BCUT2D eigenvalue weighted by atomic mass is 79.9. The van der Waals surface area contributed by atoms with Crippen LogP contribution in [0.5, 0.6) is 0 Å². The average molecular weight is 1070 g/mol. The molecule has 11 aromatic carbocycles. The van der Waals surface area contributed by atoms with Crippen molar-refractivity contribution in [1.29, 1.82) is 0 Å². The molecule has 0 atom stereocenters. The first kappa shape index (κ1) is 53.3. The van der Waals surface area contributed by atoms with E-state index in [0.717, 1.165) is 77.1 Å². The maximum absolute atomic E-state index is 6.14. The Morgan fingerprint density at radius 1 is 0.270 bits per heavy atom. The van der Waals surface area contributed by atoms with Crippen LogP contribution in [-0.4, -0.2) is 0 Å². The smallest absolute Gasteiger partial charge is 0.0482 e. The van der Waals surface area contributed by atoms with Crippen LogP contribution in [0.4, 0.5) is 62.6 Å². The van der Waals surface area contributed by atoms with Crippen LogP contribution >= 0.6 is 39.1 Å². The summed E-state index contributed by atoms with van der Waals surface area (Å²) in [5.74, 6) is 0. The number of anilines is 11. The fourth-order valence-electron chi connectivity index (χ4n) is 7.35. The van der Waals surface area contributed by atoms with Crippen molar-refractivity contribution in [2.45, 2.75) is 0 Å². The summed E-state index contributed by atoms with van der Waals surface area (Å²) in [5, 5.41) is 8.28. The fraction of sp³-hybridized carbons (Fsp3) is 0. The van der Waals surface area contributed by atoms with Crippen LogP contribution in [0.1, 0.15) is 0 Å². The lowest BCUT2D eigenvalue weighted by molar-refractivity contribution is 1.28. The van der Waals surface area contributed by atoms with E-state index in [1.165, 1.54) is 0 Å². The standard InChI is InChI=1S/C24H20N2.C18H14ClN.C12H11N.C6H4BrCl.C6H7N/c1-4-11-20(12-5-1)25-21-13-10-18-24(19-21)26(22-14-6-2-7-15-22)23-16-8-3-9-17-23;19-15-8-7-13-18(14-15)20(16-9-3-1-4-10-16)17-11-5-2-6-12-17;1-3-7-11(8-4-1)13-12-9-5-2-6-10-12;7-5-2-1-3-6(8)4-5;7-6-4-2-1-3-5-6/h1-19,25H;1-14H;1-10,13H;1-4H;1-5H,7H2. The van der Waals surface area contributed by atoms with Crippen LogP contribution in [0, 0.1) is 0 Å². The molecule has 8 heteroatoms. The van der Waals surface area contributed by atoms with Crippen molar-refractivity contribution < 1.29 is 0 Å². The summed E-state index contributed by atoms with van der Waals surface area (Å²) < 4.78 is 1.02. The predicted molar refractivity (Wildman–Crippen MR) is 323 cm³/mol. The van der Waals surface area contributed by atoms with Crippen molar-refractivity contribution >= 4 is 102 Å². The second-order valence-electron chi connectivity index (χ2n) is 16.2. The Morgan fingerprint density at radius 3 is 0.851 bits per heavy atom. The van der Waals surface area contributed by atoms with Gasteiger partial charge >= 0.3 is 0 Å². The molecule has 5 nitrogen and oxygen atoms in total. The Kier molecular flexibility index (Phi) is 21.4. The van der Waals surface area contributed by atoms with E-state index in [0.29, 0.717) is 0 Å². The summed E-state index contributed by atoms with van der Waals surface area (Å²) in [6, 6.07) is 105. The number of nitrogen functional groups attached to an aromatic ring is 1. The van der Waals surface area contributed by atoms with Crippen LogP contribution in [0.15, 0.2) is 320 Å². The molecule has 0 aliphatic rings. The molecular weight excluding hydrogens is 1010 g/mol. The lowest BCUT2D eigenvalue weighted by atomic mass is 10.1. The highest BCUT2D eigenvalue weighted by Gasteiger charge is 2.13. The van der Waals surface area contributed by atoms with Crippen molar-refractivity contribution in [1.82, 2.24) is 0 Å². The molecule has 11 rings (SSSR count).